The van der Waals surface area contributed by atoms with Gasteiger partial charge in [-0.2, -0.15) is 0 Å². The Morgan fingerprint density at radius 3 is 2.62 bits per heavy atom. The summed E-state index contributed by atoms with van der Waals surface area (Å²) in [6.45, 7) is 0. The second-order valence-electron chi connectivity index (χ2n) is 4.14. The molecule has 2 aromatic carbocycles. The highest BCUT2D eigenvalue weighted by Gasteiger charge is 2.06. The van der Waals surface area contributed by atoms with Crippen molar-refractivity contribution in [1.82, 2.24) is 0 Å². The van der Waals surface area contributed by atoms with Crippen molar-refractivity contribution in [1.29, 1.82) is 0 Å². The van der Waals surface area contributed by atoms with Crippen LogP contribution < -0.4 is 10.1 Å². The number of thioether (sulfide) groups is 1. The molecular formula is C15H13ClFNO2S. The van der Waals surface area contributed by atoms with Gasteiger partial charge in [-0.25, -0.2) is 4.39 Å². The molecule has 0 aliphatic heterocycles. The van der Waals surface area contributed by atoms with Gasteiger partial charge in [0, 0.05) is 10.6 Å². The summed E-state index contributed by atoms with van der Waals surface area (Å²) in [6, 6.07) is 11.0. The van der Waals surface area contributed by atoms with Gasteiger partial charge < -0.3 is 10.1 Å². The summed E-state index contributed by atoms with van der Waals surface area (Å²) in [4.78, 5) is 12.7. The summed E-state index contributed by atoms with van der Waals surface area (Å²) < 4.78 is 17.8. The first-order valence-electron chi connectivity index (χ1n) is 6.10. The number of benzene rings is 2. The molecule has 0 saturated heterocycles. The monoisotopic (exact) mass is 325 g/mol. The van der Waals surface area contributed by atoms with Crippen LogP contribution in [0.4, 0.5) is 10.1 Å². The van der Waals surface area contributed by atoms with Gasteiger partial charge in [0.1, 0.15) is 11.6 Å². The fourth-order valence-corrected chi connectivity index (χ4v) is 2.58. The lowest BCUT2D eigenvalue weighted by Gasteiger charge is -2.08. The molecule has 0 atom stereocenters. The Balaban J connectivity index is 1.89. The molecule has 0 saturated carbocycles. The van der Waals surface area contributed by atoms with Crippen LogP contribution in [0, 0.1) is 5.82 Å². The Bertz CT molecular complexity index is 634. The first-order valence-corrected chi connectivity index (χ1v) is 7.46. The van der Waals surface area contributed by atoms with Gasteiger partial charge in [0.2, 0.25) is 5.91 Å². The number of anilines is 1. The number of hydrogen-bond donors (Lipinski definition) is 1. The van der Waals surface area contributed by atoms with E-state index in [1.807, 2.05) is 0 Å². The fraction of sp³-hybridized carbons (Fsp3) is 0.133. The molecule has 0 radical (unpaired) electrons. The largest absolute Gasteiger partial charge is 0.495 e. The van der Waals surface area contributed by atoms with Crippen LogP contribution in [0.15, 0.2) is 47.4 Å². The topological polar surface area (TPSA) is 38.3 Å². The molecule has 0 aromatic heterocycles. The Hall–Kier alpha value is -1.72. The van der Waals surface area contributed by atoms with Crippen molar-refractivity contribution in [2.45, 2.75) is 4.90 Å². The summed E-state index contributed by atoms with van der Waals surface area (Å²) in [6.07, 6.45) is 0. The summed E-state index contributed by atoms with van der Waals surface area (Å²) in [5.41, 5.74) is 0.602. The normalized spacial score (nSPS) is 10.2. The average Bonchev–Trinajstić information content (AvgIpc) is 2.47. The third-order valence-electron chi connectivity index (χ3n) is 2.62. The van der Waals surface area contributed by atoms with Crippen LogP contribution in [0.5, 0.6) is 5.75 Å². The minimum Gasteiger partial charge on any atom is -0.495 e. The van der Waals surface area contributed by atoms with Crippen molar-refractivity contribution in [2.24, 2.45) is 0 Å². The van der Waals surface area contributed by atoms with Crippen LogP contribution in [0.3, 0.4) is 0 Å². The molecule has 1 N–H and O–H groups in total. The molecule has 21 heavy (non-hydrogen) atoms. The molecule has 0 fully saturated rings. The van der Waals surface area contributed by atoms with E-state index < -0.39 is 0 Å². The standard InChI is InChI=1S/C15H13ClFNO2S/c1-20-14-7-4-11(8-13(14)16)18-15(19)9-21-12-5-2-10(17)3-6-12/h2-8H,9H2,1H3,(H,18,19). The Morgan fingerprint density at radius 1 is 1.29 bits per heavy atom. The maximum atomic E-state index is 12.8. The van der Waals surface area contributed by atoms with Crippen molar-refractivity contribution < 1.29 is 13.9 Å². The molecule has 0 aliphatic carbocycles. The quantitative estimate of drug-likeness (QED) is 0.836. The van der Waals surface area contributed by atoms with E-state index >= 15 is 0 Å². The minimum atomic E-state index is -0.295. The maximum absolute atomic E-state index is 12.8. The first-order chi connectivity index (χ1) is 10.1. The lowest BCUT2D eigenvalue weighted by Crippen LogP contribution is -2.13. The summed E-state index contributed by atoms with van der Waals surface area (Å²) in [7, 11) is 1.53. The molecule has 3 nitrogen and oxygen atoms in total. The number of hydrogen-bond acceptors (Lipinski definition) is 3. The maximum Gasteiger partial charge on any atom is 0.234 e. The van der Waals surface area contributed by atoms with E-state index in [9.17, 15) is 9.18 Å². The number of rotatable bonds is 5. The number of ether oxygens (including phenoxy) is 1. The molecule has 6 heteroatoms. The van der Waals surface area contributed by atoms with Gasteiger partial charge in [-0.05, 0) is 42.5 Å². The molecule has 0 unspecified atom stereocenters. The highest BCUT2D eigenvalue weighted by Crippen LogP contribution is 2.27. The van der Waals surface area contributed by atoms with E-state index in [0.29, 0.717) is 16.5 Å². The molecule has 0 spiro atoms. The molecule has 110 valence electrons. The van der Waals surface area contributed by atoms with Gasteiger partial charge in [-0.1, -0.05) is 11.6 Å². The predicted molar refractivity (Wildman–Crippen MR) is 83.8 cm³/mol. The van der Waals surface area contributed by atoms with E-state index in [0.717, 1.165) is 4.90 Å². The third kappa shape index (κ3) is 4.65. The van der Waals surface area contributed by atoms with Gasteiger partial charge in [0.25, 0.3) is 0 Å². The molecule has 1 amide bonds. The second kappa shape index (κ2) is 7.33. The number of carbonyl (C=O) groups excluding carboxylic acids is 1. The third-order valence-corrected chi connectivity index (χ3v) is 3.93. The number of halogens is 2. The Labute approximate surface area is 131 Å². The van der Waals surface area contributed by atoms with Gasteiger partial charge in [-0.3, -0.25) is 4.79 Å². The van der Waals surface area contributed by atoms with E-state index in [-0.39, 0.29) is 17.5 Å². The fourth-order valence-electron chi connectivity index (χ4n) is 1.62. The zero-order valence-corrected chi connectivity index (χ0v) is 12.8. The zero-order chi connectivity index (χ0) is 15.2. The van der Waals surface area contributed by atoms with Crippen molar-refractivity contribution in [3.05, 3.63) is 53.3 Å². The van der Waals surface area contributed by atoms with E-state index in [4.69, 9.17) is 16.3 Å². The van der Waals surface area contributed by atoms with Crippen molar-refractivity contribution in [2.75, 3.05) is 18.2 Å². The van der Waals surface area contributed by atoms with Crippen molar-refractivity contribution in [3.63, 3.8) is 0 Å². The van der Waals surface area contributed by atoms with E-state index in [1.54, 1.807) is 30.3 Å². The van der Waals surface area contributed by atoms with Gasteiger partial charge >= 0.3 is 0 Å². The summed E-state index contributed by atoms with van der Waals surface area (Å²) in [5.74, 6) is 0.326. The molecule has 0 heterocycles. The Kier molecular flexibility index (Phi) is 5.47. The van der Waals surface area contributed by atoms with Crippen molar-refractivity contribution in [3.8, 4) is 5.75 Å². The molecule has 2 rings (SSSR count). The van der Waals surface area contributed by atoms with Crippen LogP contribution in [0.25, 0.3) is 0 Å². The van der Waals surface area contributed by atoms with Gasteiger partial charge in [-0.15, -0.1) is 11.8 Å². The number of amides is 1. The smallest absolute Gasteiger partial charge is 0.234 e. The minimum absolute atomic E-state index is 0.162. The molecule has 0 aliphatic rings. The lowest BCUT2D eigenvalue weighted by atomic mass is 10.3. The van der Waals surface area contributed by atoms with E-state index in [1.165, 1.54) is 31.0 Å². The SMILES string of the molecule is COc1ccc(NC(=O)CSc2ccc(F)cc2)cc1Cl. The number of methoxy groups -OCH3 is 1. The summed E-state index contributed by atoms with van der Waals surface area (Å²) in [5, 5.41) is 3.17. The van der Waals surface area contributed by atoms with Crippen LogP contribution in [-0.4, -0.2) is 18.8 Å². The van der Waals surface area contributed by atoms with Gasteiger partial charge in [0.05, 0.1) is 17.9 Å². The van der Waals surface area contributed by atoms with Crippen molar-refractivity contribution >= 4 is 35.0 Å². The number of nitrogens with one attached hydrogen (secondary N) is 1. The molecule has 2 aromatic rings. The van der Waals surface area contributed by atoms with Crippen LogP contribution >= 0.6 is 23.4 Å². The number of carbonyl (C=O) groups is 1. The predicted octanol–water partition coefficient (Wildman–Crippen LogP) is 4.22. The second-order valence-corrected chi connectivity index (χ2v) is 5.60. The molecule has 0 bridgehead atoms. The Morgan fingerprint density at radius 2 is 2.00 bits per heavy atom. The first kappa shape index (κ1) is 15.7. The lowest BCUT2D eigenvalue weighted by molar-refractivity contribution is -0.113. The molecular weight excluding hydrogens is 313 g/mol. The van der Waals surface area contributed by atoms with Crippen LogP contribution in [0.1, 0.15) is 0 Å². The van der Waals surface area contributed by atoms with Crippen LogP contribution in [0.2, 0.25) is 5.02 Å². The zero-order valence-electron chi connectivity index (χ0n) is 11.2. The highest BCUT2D eigenvalue weighted by molar-refractivity contribution is 8.00. The highest BCUT2D eigenvalue weighted by atomic mass is 35.5. The van der Waals surface area contributed by atoms with E-state index in [2.05, 4.69) is 5.32 Å². The van der Waals surface area contributed by atoms with Crippen LogP contribution in [-0.2, 0) is 4.79 Å². The van der Waals surface area contributed by atoms with Gasteiger partial charge in [0.15, 0.2) is 0 Å². The summed E-state index contributed by atoms with van der Waals surface area (Å²) >= 11 is 7.32. The average molecular weight is 326 g/mol.